The topological polar surface area (TPSA) is 102 Å². The van der Waals surface area contributed by atoms with Gasteiger partial charge in [0.1, 0.15) is 5.60 Å². The number of alkyl halides is 3. The van der Waals surface area contributed by atoms with Gasteiger partial charge in [0.15, 0.2) is 0 Å². The van der Waals surface area contributed by atoms with Crippen LogP contribution in [0.15, 0.2) is 27.8 Å². The lowest BCUT2D eigenvalue weighted by molar-refractivity contribution is -0.144. The van der Waals surface area contributed by atoms with E-state index in [2.05, 4.69) is 9.97 Å². The number of ether oxygens (including phenoxy) is 1. The first-order chi connectivity index (χ1) is 16.0. The SMILES string of the molecule is Cn1c2c(c(=O)n(C)c1=O)C[C@@]1(CCCN(C(=O)c3ccc4nc(C(F)(F)F)[nH]c4c3)CC1)O2. The number of aromatic nitrogens is 4. The van der Waals surface area contributed by atoms with Crippen LogP contribution in [0, 0.1) is 0 Å². The predicted molar refractivity (Wildman–Crippen MR) is 115 cm³/mol. The van der Waals surface area contributed by atoms with Gasteiger partial charge in [-0.1, -0.05) is 0 Å². The molecule has 2 aliphatic heterocycles. The molecule has 1 spiro atoms. The number of hydrogen-bond donors (Lipinski definition) is 1. The number of amides is 1. The number of rotatable bonds is 1. The van der Waals surface area contributed by atoms with E-state index in [9.17, 15) is 27.6 Å². The molecule has 0 unspecified atom stereocenters. The molecule has 1 atom stereocenters. The largest absolute Gasteiger partial charge is 0.471 e. The van der Waals surface area contributed by atoms with E-state index < -0.39 is 23.3 Å². The molecule has 4 heterocycles. The summed E-state index contributed by atoms with van der Waals surface area (Å²) in [5.74, 6) is -1.14. The molecule has 3 aromatic rings. The number of aromatic amines is 1. The highest BCUT2D eigenvalue weighted by Crippen LogP contribution is 2.39. The highest BCUT2D eigenvalue weighted by Gasteiger charge is 2.44. The number of nitrogens with zero attached hydrogens (tertiary/aromatic N) is 4. The van der Waals surface area contributed by atoms with Gasteiger partial charge in [0.2, 0.25) is 11.7 Å². The monoisotopic (exact) mass is 477 g/mol. The zero-order chi connectivity index (χ0) is 24.4. The van der Waals surface area contributed by atoms with Gasteiger partial charge in [-0.2, -0.15) is 13.2 Å². The number of carbonyl (C=O) groups excluding carboxylic acids is 1. The Morgan fingerprint density at radius 1 is 1.15 bits per heavy atom. The van der Waals surface area contributed by atoms with Crippen LogP contribution in [0.3, 0.4) is 0 Å². The fourth-order valence-corrected chi connectivity index (χ4v) is 4.85. The Hall–Kier alpha value is -3.57. The molecule has 2 aromatic heterocycles. The molecule has 0 saturated carbocycles. The molecule has 9 nitrogen and oxygen atoms in total. The Kier molecular flexibility index (Phi) is 4.88. The molecule has 0 aliphatic carbocycles. The van der Waals surface area contributed by atoms with Crippen LogP contribution in [-0.4, -0.2) is 48.6 Å². The number of carbonyl (C=O) groups is 1. The van der Waals surface area contributed by atoms with Gasteiger partial charge in [0.05, 0.1) is 16.6 Å². The normalized spacial score (nSPS) is 20.4. The van der Waals surface area contributed by atoms with E-state index in [4.69, 9.17) is 4.74 Å². The quantitative estimate of drug-likeness (QED) is 0.578. The molecule has 1 amide bonds. The number of benzene rings is 1. The summed E-state index contributed by atoms with van der Waals surface area (Å²) in [4.78, 5) is 45.4. The Labute approximate surface area is 190 Å². The molecule has 0 radical (unpaired) electrons. The number of H-pyrrole nitrogens is 1. The molecule has 1 fully saturated rings. The van der Waals surface area contributed by atoms with E-state index >= 15 is 0 Å². The van der Waals surface area contributed by atoms with Crippen molar-refractivity contribution in [1.29, 1.82) is 0 Å². The maximum atomic E-state index is 13.1. The lowest BCUT2D eigenvalue weighted by atomic mass is 9.90. The minimum absolute atomic E-state index is 0.128. The predicted octanol–water partition coefficient (Wildman–Crippen LogP) is 1.98. The first-order valence-corrected chi connectivity index (χ1v) is 10.8. The molecule has 0 bridgehead atoms. The molecule has 5 rings (SSSR count). The van der Waals surface area contributed by atoms with Crippen LogP contribution in [-0.2, 0) is 26.7 Å². The highest BCUT2D eigenvalue weighted by molar-refractivity contribution is 5.97. The van der Waals surface area contributed by atoms with Crippen molar-refractivity contribution in [2.45, 2.75) is 37.5 Å². The first-order valence-electron chi connectivity index (χ1n) is 10.8. The molecule has 12 heteroatoms. The van der Waals surface area contributed by atoms with Crippen molar-refractivity contribution in [2.24, 2.45) is 14.1 Å². The number of hydrogen-bond acceptors (Lipinski definition) is 5. The van der Waals surface area contributed by atoms with Gasteiger partial charge in [0.25, 0.3) is 11.5 Å². The Morgan fingerprint density at radius 3 is 2.65 bits per heavy atom. The van der Waals surface area contributed by atoms with Gasteiger partial charge >= 0.3 is 11.9 Å². The van der Waals surface area contributed by atoms with E-state index in [0.717, 1.165) is 4.57 Å². The van der Waals surface area contributed by atoms with E-state index in [1.54, 1.807) is 11.9 Å². The van der Waals surface area contributed by atoms with Gasteiger partial charge < -0.3 is 14.6 Å². The van der Waals surface area contributed by atoms with Crippen LogP contribution in [0.2, 0.25) is 0 Å². The second-order valence-electron chi connectivity index (χ2n) is 8.91. The Bertz CT molecular complexity index is 1440. The van der Waals surface area contributed by atoms with Crippen molar-refractivity contribution in [3.8, 4) is 5.88 Å². The van der Waals surface area contributed by atoms with Crippen molar-refractivity contribution in [1.82, 2.24) is 24.0 Å². The third kappa shape index (κ3) is 3.48. The van der Waals surface area contributed by atoms with Crippen LogP contribution < -0.4 is 16.0 Å². The van der Waals surface area contributed by atoms with Crippen molar-refractivity contribution in [2.75, 3.05) is 13.1 Å². The van der Waals surface area contributed by atoms with Crippen molar-refractivity contribution in [3.05, 3.63) is 56.0 Å². The summed E-state index contributed by atoms with van der Waals surface area (Å²) in [6, 6.07) is 4.23. The molecule has 180 valence electrons. The van der Waals surface area contributed by atoms with Gasteiger partial charge in [-0.05, 0) is 31.0 Å². The Morgan fingerprint density at radius 2 is 1.91 bits per heavy atom. The number of imidazole rings is 1. The third-order valence-corrected chi connectivity index (χ3v) is 6.69. The summed E-state index contributed by atoms with van der Waals surface area (Å²) in [6.07, 6.45) is -2.59. The number of halogens is 3. The van der Waals surface area contributed by atoms with Crippen LogP contribution >= 0.6 is 0 Å². The highest BCUT2D eigenvalue weighted by atomic mass is 19.4. The number of fused-ring (bicyclic) bond motifs is 2. The van der Waals surface area contributed by atoms with E-state index in [-0.39, 0.29) is 33.9 Å². The van der Waals surface area contributed by atoms with Gasteiger partial charge in [-0.25, -0.2) is 9.78 Å². The average Bonchev–Trinajstić information content (AvgIpc) is 3.33. The van der Waals surface area contributed by atoms with Crippen molar-refractivity contribution >= 4 is 16.9 Å². The van der Waals surface area contributed by atoms with Gasteiger partial charge in [-0.15, -0.1) is 0 Å². The molecule has 1 N–H and O–H groups in total. The molecule has 1 saturated heterocycles. The summed E-state index contributed by atoms with van der Waals surface area (Å²) in [5.41, 5.74) is -0.558. The standard InChI is InChI=1S/C22H22F3N5O4/c1-28-17(32)13-11-21(34-18(13)29(2)20(28)33)6-3-8-30(9-7-21)16(31)12-4-5-14-15(10-12)27-19(26-14)22(23,24)25/h4-5,10H,3,6-9,11H2,1-2H3,(H,26,27)/t21-/m0/s1. The fourth-order valence-electron chi connectivity index (χ4n) is 4.85. The molecule has 34 heavy (non-hydrogen) atoms. The first kappa shape index (κ1) is 22.2. The van der Waals surface area contributed by atoms with Gasteiger partial charge in [-0.3, -0.25) is 18.7 Å². The maximum absolute atomic E-state index is 13.1. The molecule has 2 aliphatic rings. The zero-order valence-electron chi connectivity index (χ0n) is 18.5. The summed E-state index contributed by atoms with van der Waals surface area (Å²) >= 11 is 0. The Balaban J connectivity index is 1.37. The van der Waals surface area contributed by atoms with E-state index in [1.165, 1.54) is 29.8 Å². The fraction of sp³-hybridized carbons (Fsp3) is 0.455. The van der Waals surface area contributed by atoms with Crippen LogP contribution in [0.1, 0.15) is 41.0 Å². The second kappa shape index (κ2) is 7.47. The van der Waals surface area contributed by atoms with Crippen LogP contribution in [0.5, 0.6) is 5.88 Å². The minimum Gasteiger partial charge on any atom is -0.471 e. The molecular weight excluding hydrogens is 455 g/mol. The summed E-state index contributed by atoms with van der Waals surface area (Å²) in [7, 11) is 2.99. The summed E-state index contributed by atoms with van der Waals surface area (Å²) in [6.45, 7) is 0.780. The van der Waals surface area contributed by atoms with Crippen LogP contribution in [0.4, 0.5) is 13.2 Å². The van der Waals surface area contributed by atoms with Crippen molar-refractivity contribution in [3.63, 3.8) is 0 Å². The third-order valence-electron chi connectivity index (χ3n) is 6.69. The summed E-state index contributed by atoms with van der Waals surface area (Å²) < 4.78 is 47.4. The average molecular weight is 477 g/mol. The van der Waals surface area contributed by atoms with E-state index in [0.29, 0.717) is 44.3 Å². The zero-order valence-corrected chi connectivity index (χ0v) is 18.5. The van der Waals surface area contributed by atoms with Gasteiger partial charge in [0, 0.05) is 45.6 Å². The van der Waals surface area contributed by atoms with Crippen LogP contribution in [0.25, 0.3) is 11.0 Å². The minimum atomic E-state index is -4.61. The number of nitrogens with one attached hydrogen (secondary N) is 1. The van der Waals surface area contributed by atoms with E-state index in [1.807, 2.05) is 0 Å². The lowest BCUT2D eigenvalue weighted by Crippen LogP contribution is -2.38. The lowest BCUT2D eigenvalue weighted by Gasteiger charge is -2.27. The molecular formula is C22H22F3N5O4. The smallest absolute Gasteiger partial charge is 0.449 e. The second-order valence-corrected chi connectivity index (χ2v) is 8.91. The molecule has 1 aromatic carbocycles. The summed E-state index contributed by atoms with van der Waals surface area (Å²) in [5, 5.41) is 0. The number of likely N-dealkylation sites (tertiary alicyclic amines) is 1. The van der Waals surface area contributed by atoms with Crippen molar-refractivity contribution < 1.29 is 22.7 Å². The maximum Gasteiger partial charge on any atom is 0.449 e.